The number of nitrogens with zero attached hydrogens (tertiary/aromatic N) is 1. The van der Waals surface area contributed by atoms with Crippen molar-refractivity contribution in [2.45, 2.75) is 296 Å². The molecule has 462 valence electrons. The lowest BCUT2D eigenvalue weighted by atomic mass is 10.0. The van der Waals surface area contributed by atoms with Gasteiger partial charge in [0.2, 0.25) is 5.91 Å². The molecule has 0 heterocycles. The fraction of sp³-hybridized carbons (Fsp3) is 0.743. The Morgan fingerprint density at radius 1 is 0.450 bits per heavy atom. The number of ether oxygens (including phenoxy) is 1. The molecule has 0 aliphatic rings. The van der Waals surface area contributed by atoms with E-state index in [0.717, 1.165) is 64.2 Å². The predicted octanol–water partition coefficient (Wildman–Crippen LogP) is 20.7. The van der Waals surface area contributed by atoms with Crippen molar-refractivity contribution in [1.82, 2.24) is 5.32 Å². The van der Waals surface area contributed by atoms with E-state index < -0.39 is 20.0 Å². The number of phosphoric acid groups is 1. The van der Waals surface area contributed by atoms with Crippen LogP contribution in [0.25, 0.3) is 0 Å². The van der Waals surface area contributed by atoms with Gasteiger partial charge in [0.05, 0.1) is 33.8 Å². The maximum atomic E-state index is 13.6. The predicted molar refractivity (Wildman–Crippen MR) is 346 cm³/mol. The van der Waals surface area contributed by atoms with Crippen molar-refractivity contribution in [3.05, 3.63) is 97.2 Å². The number of carbonyl (C=O) groups is 2. The Hall–Kier alpha value is -3.07. The molecule has 0 radical (unpaired) electrons. The summed E-state index contributed by atoms with van der Waals surface area (Å²) < 4.78 is 30.7. The average Bonchev–Trinajstić information content (AvgIpc) is 3.42. The SMILES string of the molecule is CC\C=C/C=C/C=C/C=C\C=C\C=C\CCCCCC(=O)OC(/C=C\CCCCCCCCCCCC)C(COP(=O)(O)OCC[N+](C)(C)C)NC(=O)CCCCCCCCCCCCCCCCC/C=C/CCCCCCCC. The van der Waals surface area contributed by atoms with Gasteiger partial charge in [-0.1, -0.05) is 292 Å². The summed E-state index contributed by atoms with van der Waals surface area (Å²) >= 11 is 0. The van der Waals surface area contributed by atoms with Crippen molar-refractivity contribution in [2.75, 3.05) is 40.9 Å². The molecule has 0 spiro atoms. The first-order valence-corrected chi connectivity index (χ1v) is 34.6. The molecule has 10 heteroatoms. The Morgan fingerprint density at radius 3 is 1.25 bits per heavy atom. The highest BCUT2D eigenvalue weighted by atomic mass is 31.2. The summed E-state index contributed by atoms with van der Waals surface area (Å²) in [5.74, 6) is -0.554. The molecule has 80 heavy (non-hydrogen) atoms. The first kappa shape index (κ1) is 76.9. The number of rotatable bonds is 59. The molecule has 0 saturated heterocycles. The van der Waals surface area contributed by atoms with E-state index in [1.165, 1.54) is 180 Å². The fourth-order valence-electron chi connectivity index (χ4n) is 9.32. The van der Waals surface area contributed by atoms with Crippen molar-refractivity contribution < 1.29 is 37.3 Å². The Kier molecular flexibility index (Phi) is 56.8. The van der Waals surface area contributed by atoms with Gasteiger partial charge in [-0.05, 0) is 76.7 Å². The second-order valence-corrected chi connectivity index (χ2v) is 24.9. The number of hydrogen-bond donors (Lipinski definition) is 2. The number of quaternary nitrogens is 1. The van der Waals surface area contributed by atoms with E-state index in [-0.39, 0.29) is 31.5 Å². The molecule has 0 aliphatic carbocycles. The number of allylic oxidation sites excluding steroid dienone is 15. The zero-order valence-corrected chi connectivity index (χ0v) is 53.7. The van der Waals surface area contributed by atoms with Crippen LogP contribution in [0.4, 0.5) is 0 Å². The Bertz CT molecular complexity index is 1690. The van der Waals surface area contributed by atoms with Crippen LogP contribution in [0.1, 0.15) is 284 Å². The van der Waals surface area contributed by atoms with Crippen molar-refractivity contribution in [1.29, 1.82) is 0 Å². The van der Waals surface area contributed by atoms with Crippen LogP contribution in [-0.2, 0) is 27.9 Å². The van der Waals surface area contributed by atoms with Gasteiger partial charge in [-0.2, -0.15) is 0 Å². The van der Waals surface area contributed by atoms with Crippen LogP contribution in [-0.4, -0.2) is 74.3 Å². The van der Waals surface area contributed by atoms with Gasteiger partial charge in [0.25, 0.3) is 0 Å². The molecule has 0 aromatic carbocycles. The number of likely N-dealkylation sites (N-methyl/N-ethyl adjacent to an activating group) is 1. The molecule has 2 N–H and O–H groups in total. The quantitative estimate of drug-likeness (QED) is 0.0156. The maximum absolute atomic E-state index is 13.6. The molecule has 0 fully saturated rings. The lowest BCUT2D eigenvalue weighted by molar-refractivity contribution is -0.870. The Balaban J connectivity index is 5.16. The fourth-order valence-corrected chi connectivity index (χ4v) is 10.1. The van der Waals surface area contributed by atoms with Gasteiger partial charge in [0, 0.05) is 12.8 Å². The normalized spacial score (nSPS) is 14.2. The van der Waals surface area contributed by atoms with Gasteiger partial charge in [-0.25, -0.2) is 4.57 Å². The van der Waals surface area contributed by atoms with Crippen LogP contribution in [0.3, 0.4) is 0 Å². The average molecular weight is 1140 g/mol. The largest absolute Gasteiger partial charge is 0.472 e. The lowest BCUT2D eigenvalue weighted by Crippen LogP contribution is -2.47. The van der Waals surface area contributed by atoms with Gasteiger partial charge in [0.1, 0.15) is 19.3 Å². The highest BCUT2D eigenvalue weighted by Gasteiger charge is 2.30. The third-order valence-corrected chi connectivity index (χ3v) is 15.4. The summed E-state index contributed by atoms with van der Waals surface area (Å²) in [7, 11) is 1.46. The van der Waals surface area contributed by atoms with Crippen LogP contribution in [0.15, 0.2) is 97.2 Å². The minimum Gasteiger partial charge on any atom is -0.456 e. The summed E-state index contributed by atoms with van der Waals surface area (Å²) in [6, 6.07) is -0.872. The van der Waals surface area contributed by atoms with Gasteiger partial charge in [-0.15, -0.1) is 0 Å². The Morgan fingerprint density at radius 2 is 0.812 bits per heavy atom. The third kappa shape index (κ3) is 59.5. The van der Waals surface area contributed by atoms with E-state index >= 15 is 0 Å². The number of hydrogen-bond acceptors (Lipinski definition) is 6. The summed E-state index contributed by atoms with van der Waals surface area (Å²) in [6.07, 6.45) is 79.9. The molecule has 3 atom stereocenters. The minimum atomic E-state index is -4.47. The lowest BCUT2D eigenvalue weighted by Gasteiger charge is -2.27. The van der Waals surface area contributed by atoms with E-state index in [1.807, 2.05) is 94.1 Å². The van der Waals surface area contributed by atoms with Crippen LogP contribution >= 0.6 is 7.82 Å². The van der Waals surface area contributed by atoms with E-state index in [2.05, 4.69) is 50.4 Å². The molecule has 0 aromatic heterocycles. The standard InChI is InChI=1S/C70H125N2O7P/c1-7-10-13-16-19-22-25-28-30-32-33-34-35-36-37-38-39-41-42-44-47-50-53-56-59-62-69(73)71-67(66-78-80(75,76)77-65-64-72(4,5)6)68(61-58-55-52-49-46-27-24-21-18-15-12-9-3)79-70(74)63-60-57-54-51-48-45-43-40-31-29-26-23-20-17-14-11-8-2/h11,14,17,20,23,26,28-31,40,43,45,48,58,61,67-68H,7-10,12-13,15-16,18-19,21-22,24-25,27,32-39,41-42,44,46-47,49-57,59-60,62-66H2,1-6H3,(H-,71,73,75,76)/p+1/b14-11-,20-17+,26-23+,30-28+,31-29-,43-40+,48-45+,61-58-. The maximum Gasteiger partial charge on any atom is 0.472 e. The van der Waals surface area contributed by atoms with E-state index in [9.17, 15) is 19.0 Å². The van der Waals surface area contributed by atoms with E-state index in [0.29, 0.717) is 23.9 Å². The molecule has 0 rings (SSSR count). The summed E-state index contributed by atoms with van der Waals surface area (Å²) in [5.41, 5.74) is 0. The highest BCUT2D eigenvalue weighted by Crippen LogP contribution is 2.43. The smallest absolute Gasteiger partial charge is 0.456 e. The third-order valence-electron chi connectivity index (χ3n) is 14.4. The van der Waals surface area contributed by atoms with E-state index in [4.69, 9.17) is 13.8 Å². The molecular formula is C70H126N2O7P+. The summed E-state index contributed by atoms with van der Waals surface area (Å²) in [5, 5.41) is 3.05. The topological polar surface area (TPSA) is 111 Å². The molecule has 0 saturated carbocycles. The monoisotopic (exact) mass is 1140 g/mol. The van der Waals surface area contributed by atoms with Gasteiger partial charge in [0.15, 0.2) is 0 Å². The van der Waals surface area contributed by atoms with Crippen molar-refractivity contribution in [3.63, 3.8) is 0 Å². The molecule has 3 unspecified atom stereocenters. The van der Waals surface area contributed by atoms with Crippen molar-refractivity contribution >= 4 is 19.7 Å². The summed E-state index contributed by atoms with van der Waals surface area (Å²) in [6.45, 7) is 6.84. The molecule has 0 aliphatic heterocycles. The number of unbranched alkanes of at least 4 members (excludes halogenated alkanes) is 34. The van der Waals surface area contributed by atoms with Crippen LogP contribution in [0.2, 0.25) is 0 Å². The van der Waals surface area contributed by atoms with E-state index in [1.54, 1.807) is 0 Å². The zero-order valence-electron chi connectivity index (χ0n) is 52.8. The zero-order chi connectivity index (χ0) is 58.6. The molecule has 0 bridgehead atoms. The van der Waals surface area contributed by atoms with Crippen LogP contribution in [0, 0.1) is 0 Å². The first-order chi connectivity index (χ1) is 38.9. The number of amides is 1. The van der Waals surface area contributed by atoms with Crippen LogP contribution in [0.5, 0.6) is 0 Å². The number of nitrogens with one attached hydrogen (secondary N) is 1. The molecule has 0 aromatic rings. The number of esters is 1. The van der Waals surface area contributed by atoms with Gasteiger partial charge >= 0.3 is 13.8 Å². The second-order valence-electron chi connectivity index (χ2n) is 23.4. The number of carbonyl (C=O) groups excluding carboxylic acids is 2. The minimum absolute atomic E-state index is 0.0290. The second kappa shape index (κ2) is 59.1. The van der Waals surface area contributed by atoms with Gasteiger partial charge < -0.3 is 19.4 Å². The number of phosphoric ester groups is 1. The van der Waals surface area contributed by atoms with Crippen molar-refractivity contribution in [3.8, 4) is 0 Å². The Labute approximate surface area is 494 Å². The molecule has 1 amide bonds. The molecule has 9 nitrogen and oxygen atoms in total. The first-order valence-electron chi connectivity index (χ1n) is 33.1. The summed E-state index contributed by atoms with van der Waals surface area (Å²) in [4.78, 5) is 37.8. The molecular weight excluding hydrogens is 1010 g/mol. The highest BCUT2D eigenvalue weighted by molar-refractivity contribution is 7.47. The van der Waals surface area contributed by atoms with Crippen molar-refractivity contribution in [2.24, 2.45) is 0 Å². The van der Waals surface area contributed by atoms with Gasteiger partial charge in [-0.3, -0.25) is 18.6 Å². The van der Waals surface area contributed by atoms with Crippen LogP contribution < -0.4 is 5.32 Å².